The molecule has 1 N–H and O–H groups in total. The fraction of sp³-hybridized carbons (Fsp3) is 0.417. The van der Waals surface area contributed by atoms with Crippen LogP contribution < -0.4 is 14.8 Å². The second-order valence-electron chi connectivity index (χ2n) is 7.71. The largest absolute Gasteiger partial charge is 0.497 e. The molecule has 160 valence electrons. The fourth-order valence-corrected chi connectivity index (χ4v) is 3.62. The van der Waals surface area contributed by atoms with Crippen molar-refractivity contribution in [3.8, 4) is 11.5 Å². The summed E-state index contributed by atoms with van der Waals surface area (Å²) in [7, 11) is 1.58. The minimum atomic E-state index is -0.187. The van der Waals surface area contributed by atoms with Gasteiger partial charge in [0.1, 0.15) is 17.6 Å². The summed E-state index contributed by atoms with van der Waals surface area (Å²) in [5.74, 6) is 1.25. The molecule has 30 heavy (non-hydrogen) atoms. The zero-order chi connectivity index (χ0) is 21.5. The third-order valence-electron chi connectivity index (χ3n) is 5.55. The summed E-state index contributed by atoms with van der Waals surface area (Å²) >= 11 is 0. The van der Waals surface area contributed by atoms with Gasteiger partial charge in [0.15, 0.2) is 0 Å². The molecule has 1 aliphatic rings. The molecule has 0 saturated carbocycles. The quantitative estimate of drug-likeness (QED) is 0.757. The Balaban J connectivity index is 1.67. The summed E-state index contributed by atoms with van der Waals surface area (Å²) in [5.41, 5.74) is 1.64. The molecule has 2 amide bonds. The van der Waals surface area contributed by atoms with Gasteiger partial charge in [-0.3, -0.25) is 9.59 Å². The first-order chi connectivity index (χ1) is 14.5. The number of hydrogen-bond acceptors (Lipinski definition) is 4. The second-order valence-corrected chi connectivity index (χ2v) is 7.71. The van der Waals surface area contributed by atoms with Crippen LogP contribution in [-0.4, -0.2) is 49.6 Å². The van der Waals surface area contributed by atoms with Crippen molar-refractivity contribution in [3.05, 3.63) is 59.7 Å². The average molecular weight is 411 g/mol. The summed E-state index contributed by atoms with van der Waals surface area (Å²) in [5, 5.41) is 3.02. The maximum Gasteiger partial charge on any atom is 0.255 e. The smallest absolute Gasteiger partial charge is 0.255 e. The molecule has 0 aromatic heterocycles. The Labute approximate surface area is 178 Å². The van der Waals surface area contributed by atoms with Gasteiger partial charge in [-0.2, -0.15) is 0 Å². The summed E-state index contributed by atoms with van der Waals surface area (Å²) in [6.07, 6.45) is 1.47. The van der Waals surface area contributed by atoms with Crippen molar-refractivity contribution >= 4 is 11.8 Å². The van der Waals surface area contributed by atoms with Gasteiger partial charge >= 0.3 is 0 Å². The number of piperidine rings is 1. The predicted octanol–water partition coefficient (Wildman–Crippen LogP) is 3.62. The van der Waals surface area contributed by atoms with Crippen molar-refractivity contribution in [1.29, 1.82) is 0 Å². The van der Waals surface area contributed by atoms with Crippen LogP contribution in [-0.2, 0) is 4.79 Å². The molecule has 1 heterocycles. The molecular weight excluding hydrogens is 380 g/mol. The minimum Gasteiger partial charge on any atom is -0.497 e. The van der Waals surface area contributed by atoms with Crippen molar-refractivity contribution in [2.24, 2.45) is 0 Å². The Morgan fingerprint density at radius 2 is 1.83 bits per heavy atom. The van der Waals surface area contributed by atoms with E-state index in [1.165, 1.54) is 5.56 Å². The second kappa shape index (κ2) is 10.1. The van der Waals surface area contributed by atoms with Gasteiger partial charge in [-0.15, -0.1) is 0 Å². The molecule has 0 spiro atoms. The Hall–Kier alpha value is -3.02. The van der Waals surface area contributed by atoms with Gasteiger partial charge in [-0.25, -0.2) is 0 Å². The van der Waals surface area contributed by atoms with Gasteiger partial charge in [-0.1, -0.05) is 37.3 Å². The fourth-order valence-electron chi connectivity index (χ4n) is 3.62. The van der Waals surface area contributed by atoms with Crippen LogP contribution in [0.2, 0.25) is 0 Å². The van der Waals surface area contributed by atoms with Gasteiger partial charge in [-0.05, 0) is 29.7 Å². The summed E-state index contributed by atoms with van der Waals surface area (Å²) < 4.78 is 11.5. The van der Waals surface area contributed by atoms with E-state index in [1.54, 1.807) is 32.2 Å². The van der Waals surface area contributed by atoms with Crippen LogP contribution in [0, 0.1) is 0 Å². The lowest BCUT2D eigenvalue weighted by Gasteiger charge is -2.31. The van der Waals surface area contributed by atoms with Crippen LogP contribution in [0.4, 0.5) is 0 Å². The van der Waals surface area contributed by atoms with Crippen LogP contribution in [0.3, 0.4) is 0 Å². The van der Waals surface area contributed by atoms with E-state index in [0.717, 1.165) is 12.8 Å². The van der Waals surface area contributed by atoms with Crippen molar-refractivity contribution in [1.82, 2.24) is 10.2 Å². The van der Waals surface area contributed by atoms with Crippen LogP contribution in [0.5, 0.6) is 11.5 Å². The lowest BCUT2D eigenvalue weighted by Crippen LogP contribution is -2.40. The highest BCUT2D eigenvalue weighted by Crippen LogP contribution is 2.27. The van der Waals surface area contributed by atoms with Gasteiger partial charge in [0.05, 0.1) is 12.7 Å². The van der Waals surface area contributed by atoms with Crippen LogP contribution in [0.1, 0.15) is 48.5 Å². The minimum absolute atomic E-state index is 0.0243. The standard InChI is InChI=1S/C24H30N2O4/c1-17(19-7-5-4-6-8-19)16-25-24(28)22-15-21(29-3)9-10-23(22)30-20-11-13-26(14-12-20)18(2)27/h4-10,15,17,20H,11-14,16H2,1-3H3,(H,25,28). The van der Waals surface area contributed by atoms with Crippen molar-refractivity contribution in [2.45, 2.75) is 38.7 Å². The molecule has 6 heteroatoms. The van der Waals surface area contributed by atoms with E-state index >= 15 is 0 Å². The Kier molecular flexibility index (Phi) is 7.33. The average Bonchev–Trinajstić information content (AvgIpc) is 2.78. The number of methoxy groups -OCH3 is 1. The third-order valence-corrected chi connectivity index (χ3v) is 5.55. The third kappa shape index (κ3) is 5.53. The Morgan fingerprint density at radius 3 is 2.47 bits per heavy atom. The molecule has 2 aromatic rings. The molecule has 3 rings (SSSR count). The predicted molar refractivity (Wildman–Crippen MR) is 116 cm³/mol. The van der Waals surface area contributed by atoms with Gasteiger partial charge in [0, 0.05) is 39.4 Å². The number of carbonyl (C=O) groups excluding carboxylic acids is 2. The summed E-state index contributed by atoms with van der Waals surface area (Å²) in [6.45, 7) is 5.54. The van der Waals surface area contributed by atoms with Crippen LogP contribution >= 0.6 is 0 Å². The molecule has 0 radical (unpaired) electrons. The number of rotatable bonds is 7. The van der Waals surface area contributed by atoms with Gasteiger partial charge < -0.3 is 19.7 Å². The van der Waals surface area contributed by atoms with Crippen molar-refractivity contribution in [2.75, 3.05) is 26.7 Å². The maximum atomic E-state index is 13.0. The summed E-state index contributed by atoms with van der Waals surface area (Å²) in [4.78, 5) is 26.3. The number of nitrogens with zero attached hydrogens (tertiary/aromatic N) is 1. The molecule has 6 nitrogen and oxygen atoms in total. The van der Waals surface area contributed by atoms with E-state index in [1.807, 2.05) is 23.1 Å². The Morgan fingerprint density at radius 1 is 1.13 bits per heavy atom. The number of amides is 2. The van der Waals surface area contributed by atoms with E-state index in [-0.39, 0.29) is 23.8 Å². The molecule has 0 aliphatic carbocycles. The van der Waals surface area contributed by atoms with E-state index in [4.69, 9.17) is 9.47 Å². The number of likely N-dealkylation sites (tertiary alicyclic amines) is 1. The molecule has 1 saturated heterocycles. The van der Waals surface area contributed by atoms with E-state index in [2.05, 4.69) is 24.4 Å². The lowest BCUT2D eigenvalue weighted by atomic mass is 10.0. The number of nitrogens with one attached hydrogen (secondary N) is 1. The zero-order valence-corrected chi connectivity index (χ0v) is 17.9. The molecule has 0 bridgehead atoms. The molecule has 1 aliphatic heterocycles. The van der Waals surface area contributed by atoms with Crippen molar-refractivity contribution in [3.63, 3.8) is 0 Å². The Bertz CT molecular complexity index is 861. The SMILES string of the molecule is COc1ccc(OC2CCN(C(C)=O)CC2)c(C(=O)NCC(C)c2ccccc2)c1. The normalized spacial score (nSPS) is 15.4. The highest BCUT2D eigenvalue weighted by molar-refractivity contribution is 5.97. The number of carbonyl (C=O) groups is 2. The highest BCUT2D eigenvalue weighted by atomic mass is 16.5. The number of benzene rings is 2. The van der Waals surface area contributed by atoms with E-state index in [9.17, 15) is 9.59 Å². The topological polar surface area (TPSA) is 67.9 Å². The maximum absolute atomic E-state index is 13.0. The molecule has 1 atom stereocenters. The molecular formula is C24H30N2O4. The molecule has 1 fully saturated rings. The van der Waals surface area contributed by atoms with Crippen LogP contribution in [0.25, 0.3) is 0 Å². The molecule has 2 aromatic carbocycles. The number of hydrogen-bond donors (Lipinski definition) is 1. The first kappa shape index (κ1) is 21.7. The van der Waals surface area contributed by atoms with E-state index in [0.29, 0.717) is 36.7 Å². The van der Waals surface area contributed by atoms with Gasteiger partial charge in [0.2, 0.25) is 5.91 Å². The zero-order valence-electron chi connectivity index (χ0n) is 17.9. The van der Waals surface area contributed by atoms with Gasteiger partial charge in [0.25, 0.3) is 5.91 Å². The first-order valence-electron chi connectivity index (χ1n) is 10.4. The van der Waals surface area contributed by atoms with Crippen LogP contribution in [0.15, 0.2) is 48.5 Å². The van der Waals surface area contributed by atoms with E-state index < -0.39 is 0 Å². The lowest BCUT2D eigenvalue weighted by molar-refractivity contribution is -0.130. The number of ether oxygens (including phenoxy) is 2. The summed E-state index contributed by atoms with van der Waals surface area (Å²) in [6, 6.07) is 15.4. The first-order valence-corrected chi connectivity index (χ1v) is 10.4. The monoisotopic (exact) mass is 410 g/mol. The van der Waals surface area contributed by atoms with Crippen molar-refractivity contribution < 1.29 is 19.1 Å². The molecule has 1 unspecified atom stereocenters. The highest BCUT2D eigenvalue weighted by Gasteiger charge is 2.24.